The third-order valence-electron chi connectivity index (χ3n) is 5.67. The molecule has 4 aromatic carbocycles. The van der Waals surface area contributed by atoms with Crippen LogP contribution in [-0.4, -0.2) is 31.5 Å². The SMILES string of the molecule is CN(c1ccccc1)S(=O)(=O)c1ccc(C(=O)Nc2ccc(O)c(-c3nc4ccccc4s3)c2)cc1. The van der Waals surface area contributed by atoms with E-state index >= 15 is 0 Å². The Kier molecular flexibility index (Phi) is 6.17. The van der Waals surface area contributed by atoms with Crippen LogP contribution in [0, 0.1) is 0 Å². The van der Waals surface area contributed by atoms with Crippen molar-refractivity contribution in [3.63, 3.8) is 0 Å². The quantitative estimate of drug-likeness (QED) is 0.281. The van der Waals surface area contributed by atoms with Crippen LogP contribution in [-0.2, 0) is 10.0 Å². The van der Waals surface area contributed by atoms with E-state index in [1.54, 1.807) is 36.4 Å². The van der Waals surface area contributed by atoms with E-state index in [1.807, 2.05) is 30.3 Å². The average molecular weight is 516 g/mol. The van der Waals surface area contributed by atoms with E-state index < -0.39 is 15.9 Å². The summed E-state index contributed by atoms with van der Waals surface area (Å²) in [5, 5.41) is 13.8. The number of hydrogen-bond donors (Lipinski definition) is 2. The molecule has 0 radical (unpaired) electrons. The van der Waals surface area contributed by atoms with Crippen LogP contribution in [0.2, 0.25) is 0 Å². The molecule has 7 nitrogen and oxygen atoms in total. The summed E-state index contributed by atoms with van der Waals surface area (Å²) in [6.07, 6.45) is 0. The smallest absolute Gasteiger partial charge is 0.264 e. The molecule has 5 rings (SSSR count). The molecule has 36 heavy (non-hydrogen) atoms. The topological polar surface area (TPSA) is 99.6 Å². The van der Waals surface area contributed by atoms with Gasteiger partial charge in [-0.15, -0.1) is 11.3 Å². The first kappa shape index (κ1) is 23.5. The molecule has 0 atom stereocenters. The van der Waals surface area contributed by atoms with Crippen LogP contribution in [0.25, 0.3) is 20.8 Å². The second kappa shape index (κ2) is 9.44. The fourth-order valence-corrected chi connectivity index (χ4v) is 5.87. The molecule has 0 saturated carbocycles. The highest BCUT2D eigenvalue weighted by Crippen LogP contribution is 2.36. The van der Waals surface area contributed by atoms with Gasteiger partial charge in [-0.2, -0.15) is 0 Å². The molecule has 5 aromatic rings. The summed E-state index contributed by atoms with van der Waals surface area (Å²) < 4.78 is 28.1. The minimum atomic E-state index is -3.78. The van der Waals surface area contributed by atoms with Crippen LogP contribution >= 0.6 is 11.3 Å². The van der Waals surface area contributed by atoms with Crippen molar-refractivity contribution in [2.24, 2.45) is 0 Å². The number of sulfonamides is 1. The van der Waals surface area contributed by atoms with E-state index in [2.05, 4.69) is 10.3 Å². The predicted octanol–water partition coefficient (Wildman–Crippen LogP) is 5.75. The van der Waals surface area contributed by atoms with Gasteiger partial charge in [-0.05, 0) is 66.7 Å². The maximum atomic E-state index is 13.0. The highest BCUT2D eigenvalue weighted by atomic mass is 32.2. The lowest BCUT2D eigenvalue weighted by molar-refractivity contribution is 0.102. The maximum absolute atomic E-state index is 13.0. The molecule has 9 heteroatoms. The summed E-state index contributed by atoms with van der Waals surface area (Å²) in [6.45, 7) is 0. The van der Waals surface area contributed by atoms with E-state index in [0.29, 0.717) is 27.5 Å². The largest absolute Gasteiger partial charge is 0.507 e. The minimum absolute atomic E-state index is 0.0594. The number of hydrogen-bond acceptors (Lipinski definition) is 6. The lowest BCUT2D eigenvalue weighted by atomic mass is 10.1. The van der Waals surface area contributed by atoms with Crippen molar-refractivity contribution in [3.8, 4) is 16.3 Å². The molecule has 1 heterocycles. The van der Waals surface area contributed by atoms with Crippen LogP contribution in [0.15, 0.2) is 102 Å². The minimum Gasteiger partial charge on any atom is -0.507 e. The average Bonchev–Trinajstić information content (AvgIpc) is 3.34. The number of para-hydroxylation sites is 2. The summed E-state index contributed by atoms with van der Waals surface area (Å²) >= 11 is 1.45. The van der Waals surface area contributed by atoms with Gasteiger partial charge in [0.2, 0.25) is 0 Å². The second-order valence-electron chi connectivity index (χ2n) is 8.01. The third-order valence-corrected chi connectivity index (χ3v) is 8.54. The molecule has 0 aliphatic heterocycles. The van der Waals surface area contributed by atoms with Gasteiger partial charge in [0.15, 0.2) is 0 Å². The first-order valence-corrected chi connectivity index (χ1v) is 13.2. The molecular formula is C27H21N3O4S2. The van der Waals surface area contributed by atoms with Crippen molar-refractivity contribution in [2.75, 3.05) is 16.7 Å². The van der Waals surface area contributed by atoms with Gasteiger partial charge in [0.25, 0.3) is 15.9 Å². The van der Waals surface area contributed by atoms with E-state index in [9.17, 15) is 18.3 Å². The number of thiazole rings is 1. The van der Waals surface area contributed by atoms with Crippen LogP contribution in [0.5, 0.6) is 5.75 Å². The standard InChI is InChI=1S/C27H21N3O4S2/c1-30(20-7-3-2-4-8-20)36(33,34)21-14-11-18(12-15-21)26(32)28-19-13-16-24(31)22(17-19)27-29-23-9-5-6-10-25(23)35-27/h2-17,31H,1H3,(H,28,32). The number of phenolic OH excluding ortho intramolecular Hbond substituents is 1. The molecular weight excluding hydrogens is 494 g/mol. The number of anilines is 2. The Morgan fingerprint density at radius 3 is 2.33 bits per heavy atom. The Labute approximate surface area is 212 Å². The Morgan fingerprint density at radius 1 is 0.917 bits per heavy atom. The number of aromatic hydroxyl groups is 1. The normalized spacial score (nSPS) is 11.4. The number of fused-ring (bicyclic) bond motifs is 1. The van der Waals surface area contributed by atoms with Crippen molar-refractivity contribution < 1.29 is 18.3 Å². The zero-order valence-electron chi connectivity index (χ0n) is 19.1. The molecule has 0 saturated heterocycles. The number of rotatable bonds is 6. The molecule has 1 aromatic heterocycles. The molecule has 180 valence electrons. The zero-order chi connectivity index (χ0) is 25.3. The van der Waals surface area contributed by atoms with Crippen LogP contribution < -0.4 is 9.62 Å². The summed E-state index contributed by atoms with van der Waals surface area (Å²) in [5.74, 6) is -0.347. The van der Waals surface area contributed by atoms with Crippen molar-refractivity contribution in [3.05, 3.63) is 103 Å². The summed E-state index contributed by atoms with van der Waals surface area (Å²) in [5.41, 5.74) is 2.66. The highest BCUT2D eigenvalue weighted by molar-refractivity contribution is 7.92. The van der Waals surface area contributed by atoms with Crippen molar-refractivity contribution in [1.82, 2.24) is 4.98 Å². The molecule has 0 bridgehead atoms. The zero-order valence-corrected chi connectivity index (χ0v) is 20.8. The van der Waals surface area contributed by atoms with E-state index in [-0.39, 0.29) is 10.6 Å². The lowest BCUT2D eigenvalue weighted by Crippen LogP contribution is -2.26. The first-order valence-electron chi connectivity index (χ1n) is 11.0. The predicted molar refractivity (Wildman–Crippen MR) is 143 cm³/mol. The maximum Gasteiger partial charge on any atom is 0.264 e. The Hall–Kier alpha value is -4.21. The first-order chi connectivity index (χ1) is 17.3. The molecule has 0 aliphatic carbocycles. The lowest BCUT2D eigenvalue weighted by Gasteiger charge is -2.19. The number of phenols is 1. The van der Waals surface area contributed by atoms with Crippen LogP contribution in [0.4, 0.5) is 11.4 Å². The van der Waals surface area contributed by atoms with Gasteiger partial charge in [-0.1, -0.05) is 30.3 Å². The number of nitrogens with one attached hydrogen (secondary N) is 1. The third kappa shape index (κ3) is 4.53. The van der Waals surface area contributed by atoms with Gasteiger partial charge >= 0.3 is 0 Å². The number of carbonyl (C=O) groups excluding carboxylic acids is 1. The Balaban J connectivity index is 1.35. The molecule has 0 spiro atoms. The number of aromatic nitrogens is 1. The van der Waals surface area contributed by atoms with Crippen LogP contribution in [0.1, 0.15) is 10.4 Å². The van der Waals surface area contributed by atoms with Crippen molar-refractivity contribution in [2.45, 2.75) is 4.90 Å². The van der Waals surface area contributed by atoms with Crippen LogP contribution in [0.3, 0.4) is 0 Å². The number of amides is 1. The molecule has 0 unspecified atom stereocenters. The number of benzene rings is 4. The Bertz CT molecular complexity index is 1630. The highest BCUT2D eigenvalue weighted by Gasteiger charge is 2.21. The van der Waals surface area contributed by atoms with Gasteiger partial charge in [0, 0.05) is 18.3 Å². The van der Waals surface area contributed by atoms with Gasteiger partial charge in [-0.25, -0.2) is 13.4 Å². The summed E-state index contributed by atoms with van der Waals surface area (Å²) in [6, 6.07) is 27.0. The fourth-order valence-electron chi connectivity index (χ4n) is 3.69. The number of nitrogens with zero attached hydrogens (tertiary/aromatic N) is 2. The van der Waals surface area contributed by atoms with E-state index in [1.165, 1.54) is 53.0 Å². The summed E-state index contributed by atoms with van der Waals surface area (Å²) in [7, 11) is -2.29. The molecule has 0 aliphatic rings. The van der Waals surface area contributed by atoms with Gasteiger partial charge < -0.3 is 10.4 Å². The fraction of sp³-hybridized carbons (Fsp3) is 0.0370. The molecule has 1 amide bonds. The monoisotopic (exact) mass is 515 g/mol. The van der Waals surface area contributed by atoms with E-state index in [4.69, 9.17) is 0 Å². The number of carbonyl (C=O) groups is 1. The Morgan fingerprint density at radius 2 is 1.61 bits per heavy atom. The van der Waals surface area contributed by atoms with Gasteiger partial charge in [0.05, 0.1) is 26.4 Å². The van der Waals surface area contributed by atoms with Gasteiger partial charge in [0.1, 0.15) is 10.8 Å². The van der Waals surface area contributed by atoms with Gasteiger partial charge in [-0.3, -0.25) is 9.10 Å². The second-order valence-corrected chi connectivity index (χ2v) is 11.0. The molecule has 0 fully saturated rings. The van der Waals surface area contributed by atoms with E-state index in [0.717, 1.165) is 10.2 Å². The summed E-state index contributed by atoms with van der Waals surface area (Å²) in [4.78, 5) is 17.5. The van der Waals surface area contributed by atoms with Crippen molar-refractivity contribution >= 4 is 48.9 Å². The van der Waals surface area contributed by atoms with Crippen molar-refractivity contribution in [1.29, 1.82) is 0 Å². The molecule has 2 N–H and O–H groups in total.